The molecule has 3 N–H and O–H groups in total. The summed E-state index contributed by atoms with van der Waals surface area (Å²) in [7, 11) is 3.15. The van der Waals surface area contributed by atoms with Crippen molar-refractivity contribution in [3.8, 4) is 17.2 Å². The van der Waals surface area contributed by atoms with Crippen molar-refractivity contribution in [2.45, 2.75) is 26.2 Å². The van der Waals surface area contributed by atoms with Gasteiger partial charge in [-0.2, -0.15) is 8.78 Å². The number of hydrogen-bond acceptors (Lipinski definition) is 5. The molecule has 0 bridgehead atoms. The topological polar surface area (TPSA) is 84.3 Å². The fraction of sp³-hybridized carbons (Fsp3) is 0.381. The first-order chi connectivity index (χ1) is 14.5. The molecule has 9 heteroatoms. The Balaban J connectivity index is 2.01. The Kier molecular flexibility index (Phi) is 9.14. The summed E-state index contributed by atoms with van der Waals surface area (Å²) in [6.45, 7) is 0.199. The number of aliphatic imine (C=N–C) groups is 1. The van der Waals surface area contributed by atoms with Gasteiger partial charge in [-0.25, -0.2) is 4.99 Å². The number of nitrogens with zero attached hydrogens (tertiary/aromatic N) is 1. The molecule has 1 unspecified atom stereocenters. The van der Waals surface area contributed by atoms with E-state index in [0.717, 1.165) is 5.56 Å². The standard InChI is InChI=1S/C21H27F2N3O4/c1-4-24-21(25-12-15-6-5-7-18(28-2)19(15)29-3)26-13-17(27)14-8-10-16(11-9-14)30-20(22)23/h5-11,17,20,27H,4,12-13H2,1-3H3,(H2,24,25,26). The smallest absolute Gasteiger partial charge is 0.387 e. The maximum Gasteiger partial charge on any atom is 0.387 e. The van der Waals surface area contributed by atoms with Crippen LogP contribution in [0.25, 0.3) is 0 Å². The molecule has 0 heterocycles. The van der Waals surface area contributed by atoms with Gasteiger partial charge in [0, 0.05) is 18.7 Å². The monoisotopic (exact) mass is 423 g/mol. The highest BCUT2D eigenvalue weighted by Gasteiger charge is 2.12. The Morgan fingerprint density at radius 1 is 1.07 bits per heavy atom. The van der Waals surface area contributed by atoms with Crippen molar-refractivity contribution in [2.24, 2.45) is 4.99 Å². The highest BCUT2D eigenvalue weighted by Crippen LogP contribution is 2.31. The van der Waals surface area contributed by atoms with Gasteiger partial charge >= 0.3 is 6.61 Å². The lowest BCUT2D eigenvalue weighted by atomic mass is 10.1. The lowest BCUT2D eigenvalue weighted by Crippen LogP contribution is -2.39. The average molecular weight is 423 g/mol. The van der Waals surface area contributed by atoms with Crippen LogP contribution in [0.15, 0.2) is 47.5 Å². The van der Waals surface area contributed by atoms with Crippen LogP contribution in [0.5, 0.6) is 17.2 Å². The van der Waals surface area contributed by atoms with Gasteiger partial charge < -0.3 is 30.0 Å². The van der Waals surface area contributed by atoms with Gasteiger partial charge in [-0.05, 0) is 30.7 Å². The van der Waals surface area contributed by atoms with E-state index in [9.17, 15) is 13.9 Å². The number of alkyl halides is 2. The third-order valence-corrected chi connectivity index (χ3v) is 4.19. The van der Waals surface area contributed by atoms with Crippen LogP contribution in [0.2, 0.25) is 0 Å². The van der Waals surface area contributed by atoms with Crippen molar-refractivity contribution in [3.05, 3.63) is 53.6 Å². The van der Waals surface area contributed by atoms with E-state index < -0.39 is 12.7 Å². The van der Waals surface area contributed by atoms with Crippen LogP contribution in [-0.4, -0.2) is 45.0 Å². The molecular formula is C21H27F2N3O4. The molecular weight excluding hydrogens is 396 g/mol. The SMILES string of the molecule is CCNC(=NCc1cccc(OC)c1OC)NCC(O)c1ccc(OC(F)F)cc1. The number of para-hydroxylation sites is 1. The first-order valence-electron chi connectivity index (χ1n) is 9.43. The number of aliphatic hydroxyl groups is 1. The van der Waals surface area contributed by atoms with Gasteiger partial charge in [-0.3, -0.25) is 0 Å². The van der Waals surface area contributed by atoms with Crippen LogP contribution in [0.1, 0.15) is 24.2 Å². The molecule has 1 atom stereocenters. The number of rotatable bonds is 10. The van der Waals surface area contributed by atoms with Crippen LogP contribution in [0.3, 0.4) is 0 Å². The van der Waals surface area contributed by atoms with Crippen molar-refractivity contribution < 1.29 is 28.1 Å². The van der Waals surface area contributed by atoms with Gasteiger partial charge in [-0.15, -0.1) is 0 Å². The summed E-state index contributed by atoms with van der Waals surface area (Å²) in [6, 6.07) is 11.4. The van der Waals surface area contributed by atoms with Crippen LogP contribution >= 0.6 is 0 Å². The second-order valence-corrected chi connectivity index (χ2v) is 6.19. The third kappa shape index (κ3) is 6.77. The predicted molar refractivity (Wildman–Crippen MR) is 110 cm³/mol. The second-order valence-electron chi connectivity index (χ2n) is 6.19. The van der Waals surface area contributed by atoms with E-state index in [4.69, 9.17) is 9.47 Å². The number of benzene rings is 2. The highest BCUT2D eigenvalue weighted by molar-refractivity contribution is 5.79. The number of methoxy groups -OCH3 is 2. The minimum Gasteiger partial charge on any atom is -0.493 e. The predicted octanol–water partition coefficient (Wildman–Crippen LogP) is 3.09. The first kappa shape index (κ1) is 23.2. The summed E-state index contributed by atoms with van der Waals surface area (Å²) >= 11 is 0. The zero-order valence-electron chi connectivity index (χ0n) is 17.2. The molecule has 164 valence electrons. The van der Waals surface area contributed by atoms with E-state index in [2.05, 4.69) is 20.4 Å². The number of ether oxygens (including phenoxy) is 3. The van der Waals surface area contributed by atoms with Crippen molar-refractivity contribution in [3.63, 3.8) is 0 Å². The zero-order valence-corrected chi connectivity index (χ0v) is 17.2. The van der Waals surface area contributed by atoms with Crippen LogP contribution in [0.4, 0.5) is 8.78 Å². The summed E-state index contributed by atoms with van der Waals surface area (Å²) < 4.78 is 39.5. The van der Waals surface area contributed by atoms with Gasteiger partial charge in [-0.1, -0.05) is 24.3 Å². The van der Waals surface area contributed by atoms with E-state index in [1.807, 2.05) is 25.1 Å². The van der Waals surface area contributed by atoms with Gasteiger partial charge in [0.2, 0.25) is 0 Å². The molecule has 2 aromatic carbocycles. The minimum absolute atomic E-state index is 0.0380. The Hall–Kier alpha value is -3.07. The summed E-state index contributed by atoms with van der Waals surface area (Å²) in [4.78, 5) is 4.52. The van der Waals surface area contributed by atoms with Gasteiger partial charge in [0.15, 0.2) is 17.5 Å². The van der Waals surface area contributed by atoms with E-state index >= 15 is 0 Å². The van der Waals surface area contributed by atoms with Crippen molar-refractivity contribution >= 4 is 5.96 Å². The summed E-state index contributed by atoms with van der Waals surface area (Å²) in [5, 5.41) is 16.6. The van der Waals surface area contributed by atoms with Crippen LogP contribution < -0.4 is 24.8 Å². The highest BCUT2D eigenvalue weighted by atomic mass is 19.3. The fourth-order valence-electron chi connectivity index (χ4n) is 2.77. The largest absolute Gasteiger partial charge is 0.493 e. The van der Waals surface area contributed by atoms with Gasteiger partial charge in [0.25, 0.3) is 0 Å². The number of nitrogens with one attached hydrogen (secondary N) is 2. The lowest BCUT2D eigenvalue weighted by molar-refractivity contribution is -0.0498. The molecule has 0 saturated heterocycles. The molecule has 0 aliphatic carbocycles. The van der Waals surface area contributed by atoms with Crippen LogP contribution in [0, 0.1) is 0 Å². The summed E-state index contributed by atoms with van der Waals surface area (Å²) in [5.74, 6) is 1.79. The Labute approximate surface area is 174 Å². The van der Waals surface area contributed by atoms with Gasteiger partial charge in [0.1, 0.15) is 5.75 Å². The molecule has 0 radical (unpaired) electrons. The normalized spacial score (nSPS) is 12.4. The second kappa shape index (κ2) is 11.8. The van der Waals surface area contributed by atoms with E-state index in [1.54, 1.807) is 14.2 Å². The van der Waals surface area contributed by atoms with Gasteiger partial charge in [0.05, 0.1) is 26.9 Å². The summed E-state index contributed by atoms with van der Waals surface area (Å²) in [5.41, 5.74) is 1.42. The molecule has 30 heavy (non-hydrogen) atoms. The first-order valence-corrected chi connectivity index (χ1v) is 9.43. The van der Waals surface area contributed by atoms with E-state index in [1.165, 1.54) is 24.3 Å². The van der Waals surface area contributed by atoms with Crippen molar-refractivity contribution in [1.29, 1.82) is 0 Å². The van der Waals surface area contributed by atoms with Crippen LogP contribution in [-0.2, 0) is 6.54 Å². The maximum absolute atomic E-state index is 12.2. The number of aliphatic hydroxyl groups excluding tert-OH is 1. The number of hydrogen-bond donors (Lipinski definition) is 3. The Morgan fingerprint density at radius 2 is 1.80 bits per heavy atom. The maximum atomic E-state index is 12.2. The Bertz CT molecular complexity index is 816. The third-order valence-electron chi connectivity index (χ3n) is 4.19. The van der Waals surface area contributed by atoms with Crippen molar-refractivity contribution in [2.75, 3.05) is 27.3 Å². The molecule has 0 aliphatic heterocycles. The molecule has 0 spiro atoms. The lowest BCUT2D eigenvalue weighted by Gasteiger charge is -2.16. The Morgan fingerprint density at radius 3 is 2.40 bits per heavy atom. The van der Waals surface area contributed by atoms with Crippen molar-refractivity contribution in [1.82, 2.24) is 10.6 Å². The van der Waals surface area contributed by atoms with E-state index in [-0.39, 0.29) is 12.3 Å². The van der Waals surface area contributed by atoms with E-state index in [0.29, 0.717) is 36.1 Å². The molecule has 0 aromatic heterocycles. The average Bonchev–Trinajstić information content (AvgIpc) is 2.75. The zero-order chi connectivity index (χ0) is 21.9. The molecule has 2 aromatic rings. The fourth-order valence-corrected chi connectivity index (χ4v) is 2.77. The number of halogens is 2. The quantitative estimate of drug-likeness (QED) is 0.402. The minimum atomic E-state index is -2.88. The molecule has 7 nitrogen and oxygen atoms in total. The molecule has 0 aliphatic rings. The molecule has 0 saturated carbocycles. The molecule has 2 rings (SSSR count). The summed E-state index contributed by atoms with van der Waals surface area (Å²) in [6.07, 6.45) is -0.860. The molecule has 0 amide bonds. The molecule has 0 fully saturated rings. The number of guanidine groups is 1.